The number of sulfone groups is 1. The summed E-state index contributed by atoms with van der Waals surface area (Å²) in [5.41, 5.74) is 0. The van der Waals surface area contributed by atoms with Gasteiger partial charge in [-0.3, -0.25) is 0 Å². The van der Waals surface area contributed by atoms with Crippen molar-refractivity contribution in [2.45, 2.75) is 44.2 Å². The van der Waals surface area contributed by atoms with Crippen molar-refractivity contribution in [1.82, 2.24) is 5.32 Å². The van der Waals surface area contributed by atoms with E-state index in [2.05, 4.69) is 5.32 Å². The van der Waals surface area contributed by atoms with Crippen LogP contribution >= 0.6 is 0 Å². The Labute approximate surface area is 104 Å². The van der Waals surface area contributed by atoms with Gasteiger partial charge in [-0.2, -0.15) is 0 Å². The fourth-order valence-electron chi connectivity index (χ4n) is 2.87. The Hall–Kier alpha value is -0.130. The van der Waals surface area contributed by atoms with Crippen molar-refractivity contribution in [3.63, 3.8) is 0 Å². The molecular weight excluding hydrogens is 238 g/mol. The van der Waals surface area contributed by atoms with Gasteiger partial charge in [0, 0.05) is 13.2 Å². The first kappa shape index (κ1) is 13.3. The predicted octanol–water partition coefficient (Wildman–Crippen LogP) is 0.968. The molecule has 1 saturated carbocycles. The van der Waals surface area contributed by atoms with Crippen LogP contribution in [0.15, 0.2) is 0 Å². The van der Waals surface area contributed by atoms with Crippen molar-refractivity contribution >= 4 is 9.84 Å². The molecular formula is C12H23NO3S. The van der Waals surface area contributed by atoms with Gasteiger partial charge in [-0.25, -0.2) is 8.42 Å². The van der Waals surface area contributed by atoms with Gasteiger partial charge in [0.15, 0.2) is 9.84 Å². The predicted molar refractivity (Wildman–Crippen MR) is 67.8 cm³/mol. The lowest BCUT2D eigenvalue weighted by atomic mass is 9.92. The summed E-state index contributed by atoms with van der Waals surface area (Å²) in [4.78, 5) is 0. The van der Waals surface area contributed by atoms with Crippen LogP contribution in [-0.2, 0) is 14.6 Å². The third kappa shape index (κ3) is 3.93. The molecule has 100 valence electrons. The molecule has 1 N–H and O–H groups in total. The molecule has 4 nitrogen and oxygen atoms in total. The second-order valence-corrected chi connectivity index (χ2v) is 7.62. The van der Waals surface area contributed by atoms with E-state index in [0.29, 0.717) is 29.6 Å². The molecule has 0 radical (unpaired) electrons. The Balaban J connectivity index is 1.66. The van der Waals surface area contributed by atoms with E-state index < -0.39 is 9.84 Å². The van der Waals surface area contributed by atoms with E-state index in [1.807, 2.05) is 0 Å². The van der Waals surface area contributed by atoms with Gasteiger partial charge in [0.1, 0.15) is 0 Å². The molecule has 0 aromatic carbocycles. The van der Waals surface area contributed by atoms with Gasteiger partial charge in [0.2, 0.25) is 0 Å². The molecule has 2 aliphatic rings. The zero-order valence-electron chi connectivity index (χ0n) is 10.5. The summed E-state index contributed by atoms with van der Waals surface area (Å²) < 4.78 is 28.0. The maximum atomic E-state index is 11.3. The maximum absolute atomic E-state index is 11.3. The molecule has 1 aliphatic carbocycles. The van der Waals surface area contributed by atoms with Crippen LogP contribution < -0.4 is 5.32 Å². The topological polar surface area (TPSA) is 55.4 Å². The minimum Gasteiger partial charge on any atom is -0.381 e. The van der Waals surface area contributed by atoms with Crippen LogP contribution in [0.3, 0.4) is 0 Å². The molecule has 1 unspecified atom stereocenters. The molecule has 1 heterocycles. The molecule has 0 aromatic rings. The minimum atomic E-state index is -2.72. The second-order valence-electron chi connectivity index (χ2n) is 5.39. The van der Waals surface area contributed by atoms with Gasteiger partial charge in [-0.1, -0.05) is 0 Å². The zero-order chi connectivity index (χ0) is 12.3. The number of rotatable bonds is 4. The van der Waals surface area contributed by atoms with Crippen LogP contribution in [0.25, 0.3) is 0 Å². The Bertz CT molecular complexity index is 334. The first-order valence-corrected chi connectivity index (χ1v) is 8.38. The highest BCUT2D eigenvalue weighted by atomic mass is 32.2. The van der Waals surface area contributed by atoms with E-state index in [4.69, 9.17) is 4.74 Å². The number of ether oxygens (including phenoxy) is 1. The van der Waals surface area contributed by atoms with Crippen LogP contribution in [0.4, 0.5) is 0 Å². The molecule has 1 atom stereocenters. The lowest BCUT2D eigenvalue weighted by Crippen LogP contribution is -2.38. The van der Waals surface area contributed by atoms with Crippen LogP contribution in [0, 0.1) is 5.92 Å². The van der Waals surface area contributed by atoms with E-state index >= 15 is 0 Å². The van der Waals surface area contributed by atoms with Crippen LogP contribution in [0.2, 0.25) is 0 Å². The zero-order valence-corrected chi connectivity index (χ0v) is 11.3. The van der Waals surface area contributed by atoms with E-state index in [9.17, 15) is 8.42 Å². The van der Waals surface area contributed by atoms with Gasteiger partial charge in [-0.05, 0) is 44.6 Å². The number of methoxy groups -OCH3 is 1. The summed E-state index contributed by atoms with van der Waals surface area (Å²) >= 11 is 0. The van der Waals surface area contributed by atoms with Gasteiger partial charge >= 0.3 is 0 Å². The highest BCUT2D eigenvalue weighted by molar-refractivity contribution is 7.91. The fourth-order valence-corrected chi connectivity index (χ4v) is 4.73. The number of hydrogen-bond donors (Lipinski definition) is 1. The summed E-state index contributed by atoms with van der Waals surface area (Å²) in [6.07, 6.45) is 5.81. The van der Waals surface area contributed by atoms with E-state index in [0.717, 1.165) is 38.6 Å². The maximum Gasteiger partial charge on any atom is 0.150 e. The van der Waals surface area contributed by atoms with E-state index in [1.165, 1.54) is 0 Å². The largest absolute Gasteiger partial charge is 0.381 e. The van der Waals surface area contributed by atoms with E-state index in [1.54, 1.807) is 7.11 Å². The molecule has 1 saturated heterocycles. The molecule has 0 amide bonds. The SMILES string of the molecule is COC1CCC(NCC2CCS(=O)(=O)C2)CC1. The highest BCUT2D eigenvalue weighted by Gasteiger charge is 2.28. The first-order valence-electron chi connectivity index (χ1n) is 6.55. The van der Waals surface area contributed by atoms with Crippen molar-refractivity contribution in [2.75, 3.05) is 25.2 Å². The molecule has 1 aliphatic heterocycles. The average molecular weight is 261 g/mol. The van der Waals surface area contributed by atoms with Gasteiger partial charge in [-0.15, -0.1) is 0 Å². The molecule has 0 aromatic heterocycles. The molecule has 2 rings (SSSR count). The fraction of sp³-hybridized carbons (Fsp3) is 1.00. The number of hydrogen-bond acceptors (Lipinski definition) is 4. The average Bonchev–Trinajstić information content (AvgIpc) is 2.67. The third-order valence-electron chi connectivity index (χ3n) is 4.03. The molecule has 17 heavy (non-hydrogen) atoms. The van der Waals surface area contributed by atoms with Gasteiger partial charge < -0.3 is 10.1 Å². The highest BCUT2D eigenvalue weighted by Crippen LogP contribution is 2.22. The van der Waals surface area contributed by atoms with Crippen molar-refractivity contribution in [1.29, 1.82) is 0 Å². The molecule has 5 heteroatoms. The van der Waals surface area contributed by atoms with Crippen molar-refractivity contribution in [2.24, 2.45) is 5.92 Å². The molecule has 0 spiro atoms. The van der Waals surface area contributed by atoms with Crippen LogP contribution in [0.5, 0.6) is 0 Å². The van der Waals surface area contributed by atoms with Crippen molar-refractivity contribution in [3.8, 4) is 0 Å². The Morgan fingerprint density at radius 3 is 2.41 bits per heavy atom. The summed E-state index contributed by atoms with van der Waals surface area (Å²) in [5.74, 6) is 1.10. The number of nitrogens with one attached hydrogen (secondary N) is 1. The smallest absolute Gasteiger partial charge is 0.150 e. The standard InChI is InChI=1S/C12H23NO3S/c1-16-12-4-2-11(3-5-12)13-8-10-6-7-17(14,15)9-10/h10-13H,2-9H2,1H3. The van der Waals surface area contributed by atoms with E-state index in [-0.39, 0.29) is 0 Å². The van der Waals surface area contributed by atoms with Gasteiger partial charge in [0.25, 0.3) is 0 Å². The minimum absolute atomic E-state index is 0.333. The summed E-state index contributed by atoms with van der Waals surface area (Å²) in [7, 11) is -0.942. The summed E-state index contributed by atoms with van der Waals surface area (Å²) in [6, 6.07) is 0.560. The Kier molecular flexibility index (Phi) is 4.44. The Morgan fingerprint density at radius 1 is 1.18 bits per heavy atom. The molecule has 2 fully saturated rings. The normalized spacial score (nSPS) is 37.1. The summed E-state index contributed by atoms with van der Waals surface area (Å²) in [6.45, 7) is 0.863. The quantitative estimate of drug-likeness (QED) is 0.819. The van der Waals surface area contributed by atoms with Crippen molar-refractivity contribution < 1.29 is 13.2 Å². The van der Waals surface area contributed by atoms with Crippen LogP contribution in [0.1, 0.15) is 32.1 Å². The second kappa shape index (κ2) is 5.67. The van der Waals surface area contributed by atoms with Crippen LogP contribution in [-0.4, -0.2) is 45.7 Å². The van der Waals surface area contributed by atoms with Gasteiger partial charge in [0.05, 0.1) is 17.6 Å². The lowest BCUT2D eigenvalue weighted by Gasteiger charge is -2.29. The Morgan fingerprint density at radius 2 is 1.88 bits per heavy atom. The lowest BCUT2D eigenvalue weighted by molar-refractivity contribution is 0.0622. The van der Waals surface area contributed by atoms with Crippen molar-refractivity contribution in [3.05, 3.63) is 0 Å². The summed E-state index contributed by atoms with van der Waals surface area (Å²) in [5, 5.41) is 3.53. The monoisotopic (exact) mass is 261 g/mol. The first-order chi connectivity index (χ1) is 8.09. The molecule has 0 bridgehead atoms. The third-order valence-corrected chi connectivity index (χ3v) is 5.87.